The molecule has 0 aliphatic rings. The fourth-order valence-corrected chi connectivity index (χ4v) is 2.11. The Hall–Kier alpha value is -2.47. The summed E-state index contributed by atoms with van der Waals surface area (Å²) in [5.74, 6) is 0.428. The Labute approximate surface area is 136 Å². The molecule has 0 spiro atoms. The number of rotatable bonds is 7. The summed E-state index contributed by atoms with van der Waals surface area (Å²) in [4.78, 5) is 13.7. The van der Waals surface area contributed by atoms with Crippen molar-refractivity contribution in [2.24, 2.45) is 0 Å². The second kappa shape index (κ2) is 8.24. The van der Waals surface area contributed by atoms with Crippen molar-refractivity contribution in [3.8, 4) is 0 Å². The van der Waals surface area contributed by atoms with E-state index < -0.39 is 0 Å². The van der Waals surface area contributed by atoms with E-state index >= 15 is 0 Å². The fourth-order valence-electron chi connectivity index (χ4n) is 2.11. The number of nitrogens with one attached hydrogen (secondary N) is 2. The van der Waals surface area contributed by atoms with Crippen molar-refractivity contribution in [3.63, 3.8) is 0 Å². The molecule has 23 heavy (non-hydrogen) atoms. The summed E-state index contributed by atoms with van der Waals surface area (Å²) in [5.41, 5.74) is 1.60. The maximum atomic E-state index is 11.4. The van der Waals surface area contributed by atoms with Crippen molar-refractivity contribution in [2.45, 2.75) is 19.5 Å². The van der Waals surface area contributed by atoms with Gasteiger partial charge in [0.15, 0.2) is 5.69 Å². The minimum atomic E-state index is -0.236. The van der Waals surface area contributed by atoms with Crippen LogP contribution in [-0.4, -0.2) is 47.7 Å². The Kier molecular flexibility index (Phi) is 6.05. The highest BCUT2D eigenvalue weighted by Crippen LogP contribution is 2.07. The fraction of sp³-hybridized carbons (Fsp3) is 0.353. The van der Waals surface area contributed by atoms with Crippen molar-refractivity contribution in [1.29, 1.82) is 0 Å². The number of carbonyl (C=O) groups excluding carboxylic acids is 1. The lowest BCUT2D eigenvalue weighted by molar-refractivity contribution is 0.0957. The van der Waals surface area contributed by atoms with Gasteiger partial charge in [-0.1, -0.05) is 30.3 Å². The maximum absolute atomic E-state index is 11.4. The lowest BCUT2D eigenvalue weighted by Crippen LogP contribution is -2.34. The van der Waals surface area contributed by atoms with Crippen LogP contribution < -0.4 is 10.6 Å². The Morgan fingerprint density at radius 3 is 2.52 bits per heavy atom. The number of aromatic nitrogens is 2. The van der Waals surface area contributed by atoms with Crippen LogP contribution in [0.25, 0.3) is 0 Å². The highest BCUT2D eigenvalue weighted by molar-refractivity contribution is 5.91. The number of nitrogens with zero attached hydrogens (tertiary/aromatic N) is 3. The van der Waals surface area contributed by atoms with Gasteiger partial charge >= 0.3 is 0 Å². The molecule has 0 aliphatic carbocycles. The van der Waals surface area contributed by atoms with Crippen LogP contribution >= 0.6 is 0 Å². The summed E-state index contributed by atoms with van der Waals surface area (Å²) in [6.45, 7) is 3.80. The molecule has 2 rings (SSSR count). The lowest BCUT2D eigenvalue weighted by Gasteiger charge is -2.25. The molecule has 0 aliphatic heterocycles. The molecule has 1 aromatic carbocycles. The highest BCUT2D eigenvalue weighted by atomic mass is 16.1. The Bertz CT molecular complexity index is 615. The van der Waals surface area contributed by atoms with Crippen molar-refractivity contribution < 1.29 is 4.79 Å². The van der Waals surface area contributed by atoms with Crippen LogP contribution in [0, 0.1) is 0 Å². The first-order chi connectivity index (χ1) is 11.1. The molecule has 1 aromatic heterocycles. The molecule has 0 saturated heterocycles. The minimum absolute atomic E-state index is 0.236. The summed E-state index contributed by atoms with van der Waals surface area (Å²) >= 11 is 0. The first-order valence-electron chi connectivity index (χ1n) is 7.64. The summed E-state index contributed by atoms with van der Waals surface area (Å²) in [7, 11) is 3.67. The van der Waals surface area contributed by atoms with E-state index in [-0.39, 0.29) is 5.91 Å². The number of amides is 1. The predicted octanol–water partition coefficient (Wildman–Crippen LogP) is 1.77. The van der Waals surface area contributed by atoms with E-state index in [9.17, 15) is 4.79 Å². The molecule has 1 heterocycles. The van der Waals surface area contributed by atoms with E-state index in [1.165, 1.54) is 5.56 Å². The third-order valence-corrected chi connectivity index (χ3v) is 3.73. The second-order valence-electron chi connectivity index (χ2n) is 5.51. The van der Waals surface area contributed by atoms with Crippen LogP contribution in [0.1, 0.15) is 23.0 Å². The number of benzene rings is 1. The third kappa shape index (κ3) is 5.03. The molecular formula is C17H23N5O. The molecule has 0 fully saturated rings. The van der Waals surface area contributed by atoms with Gasteiger partial charge in [-0.25, -0.2) is 0 Å². The van der Waals surface area contributed by atoms with Gasteiger partial charge in [-0.15, -0.1) is 10.2 Å². The summed E-state index contributed by atoms with van der Waals surface area (Å²) in [6, 6.07) is 14.1. The van der Waals surface area contributed by atoms with Crippen LogP contribution in [0.3, 0.4) is 0 Å². The largest absolute Gasteiger partial charge is 0.367 e. The van der Waals surface area contributed by atoms with E-state index in [4.69, 9.17) is 0 Å². The Balaban J connectivity index is 1.83. The van der Waals surface area contributed by atoms with Gasteiger partial charge in [0.1, 0.15) is 5.82 Å². The Morgan fingerprint density at radius 2 is 1.91 bits per heavy atom. The maximum Gasteiger partial charge on any atom is 0.271 e. The monoisotopic (exact) mass is 313 g/mol. The molecule has 2 aromatic rings. The van der Waals surface area contributed by atoms with Crippen molar-refractivity contribution in [2.75, 3.05) is 26.0 Å². The zero-order chi connectivity index (χ0) is 16.7. The van der Waals surface area contributed by atoms with E-state index in [2.05, 4.69) is 64.0 Å². The minimum Gasteiger partial charge on any atom is -0.367 e. The third-order valence-electron chi connectivity index (χ3n) is 3.73. The summed E-state index contributed by atoms with van der Waals surface area (Å²) in [5, 5.41) is 13.7. The smallest absolute Gasteiger partial charge is 0.271 e. The summed E-state index contributed by atoms with van der Waals surface area (Å²) in [6.07, 6.45) is 0. The molecule has 122 valence electrons. The lowest BCUT2D eigenvalue weighted by atomic mass is 10.2. The van der Waals surface area contributed by atoms with Gasteiger partial charge < -0.3 is 10.6 Å². The van der Waals surface area contributed by atoms with Crippen LogP contribution in [0.2, 0.25) is 0 Å². The molecule has 6 heteroatoms. The molecule has 1 amide bonds. The molecule has 2 N–H and O–H groups in total. The molecular weight excluding hydrogens is 290 g/mol. The van der Waals surface area contributed by atoms with Gasteiger partial charge in [-0.05, 0) is 31.7 Å². The second-order valence-corrected chi connectivity index (χ2v) is 5.51. The zero-order valence-corrected chi connectivity index (χ0v) is 13.8. The SMILES string of the molecule is CNC(=O)c1ccc(NCC(C)N(C)Cc2ccccc2)nn1. The van der Waals surface area contributed by atoms with Crippen molar-refractivity contribution >= 4 is 11.7 Å². The van der Waals surface area contributed by atoms with Crippen LogP contribution in [-0.2, 0) is 6.54 Å². The average molecular weight is 313 g/mol. The van der Waals surface area contributed by atoms with Crippen molar-refractivity contribution in [3.05, 3.63) is 53.7 Å². The van der Waals surface area contributed by atoms with E-state index in [1.54, 1.807) is 19.2 Å². The van der Waals surface area contributed by atoms with E-state index in [0.29, 0.717) is 17.6 Å². The number of likely N-dealkylation sites (N-methyl/N-ethyl adjacent to an activating group) is 1. The van der Waals surface area contributed by atoms with Gasteiger partial charge in [0, 0.05) is 26.2 Å². The number of hydrogen-bond acceptors (Lipinski definition) is 5. The molecule has 0 bridgehead atoms. The molecule has 1 atom stereocenters. The molecule has 0 radical (unpaired) electrons. The standard InChI is InChI=1S/C17H23N5O/c1-13(22(3)12-14-7-5-4-6-8-14)11-19-16-10-9-15(20-21-16)17(23)18-2/h4-10,13H,11-12H2,1-3H3,(H,18,23)(H,19,21). The van der Waals surface area contributed by atoms with Gasteiger partial charge in [0.2, 0.25) is 0 Å². The van der Waals surface area contributed by atoms with Crippen LogP contribution in [0.4, 0.5) is 5.82 Å². The molecule has 6 nitrogen and oxygen atoms in total. The summed E-state index contributed by atoms with van der Waals surface area (Å²) < 4.78 is 0. The number of carbonyl (C=O) groups is 1. The van der Waals surface area contributed by atoms with E-state index in [1.807, 2.05) is 6.07 Å². The topological polar surface area (TPSA) is 70.2 Å². The van der Waals surface area contributed by atoms with Gasteiger partial charge in [0.25, 0.3) is 5.91 Å². The van der Waals surface area contributed by atoms with Gasteiger partial charge in [-0.3, -0.25) is 9.69 Å². The zero-order valence-electron chi connectivity index (χ0n) is 13.8. The highest BCUT2D eigenvalue weighted by Gasteiger charge is 2.10. The quantitative estimate of drug-likeness (QED) is 0.815. The average Bonchev–Trinajstić information content (AvgIpc) is 2.60. The molecule has 0 saturated carbocycles. The van der Waals surface area contributed by atoms with Crippen LogP contribution in [0.5, 0.6) is 0 Å². The van der Waals surface area contributed by atoms with E-state index in [0.717, 1.165) is 13.1 Å². The van der Waals surface area contributed by atoms with Gasteiger partial charge in [-0.2, -0.15) is 0 Å². The normalized spacial score (nSPS) is 12.0. The van der Waals surface area contributed by atoms with Gasteiger partial charge in [0.05, 0.1) is 0 Å². The Morgan fingerprint density at radius 1 is 1.17 bits per heavy atom. The first-order valence-corrected chi connectivity index (χ1v) is 7.64. The number of anilines is 1. The van der Waals surface area contributed by atoms with Crippen molar-refractivity contribution in [1.82, 2.24) is 20.4 Å². The van der Waals surface area contributed by atoms with Crippen LogP contribution in [0.15, 0.2) is 42.5 Å². The molecule has 1 unspecified atom stereocenters. The predicted molar refractivity (Wildman–Crippen MR) is 91.3 cm³/mol. The first kappa shape index (κ1) is 16.9. The number of hydrogen-bond donors (Lipinski definition) is 2.